The molecule has 0 spiro atoms. The van der Waals surface area contributed by atoms with Gasteiger partial charge < -0.3 is 15.1 Å². The summed E-state index contributed by atoms with van der Waals surface area (Å²) in [6, 6.07) is 17.2. The van der Waals surface area contributed by atoms with Gasteiger partial charge in [-0.1, -0.05) is 68.3 Å². The van der Waals surface area contributed by atoms with E-state index >= 15 is 0 Å². The second-order valence-corrected chi connectivity index (χ2v) is 12.5. The van der Waals surface area contributed by atoms with Gasteiger partial charge in [-0.05, 0) is 43.5 Å². The van der Waals surface area contributed by atoms with Gasteiger partial charge >= 0.3 is 0 Å². The lowest BCUT2D eigenvalue weighted by molar-refractivity contribution is -0.135. The minimum Gasteiger partial charge on any atom is -0.368 e. The molecule has 2 aromatic rings. The van der Waals surface area contributed by atoms with E-state index in [9.17, 15) is 14.4 Å². The number of carbonyl (C=O) groups is 3. The normalized spacial score (nSPS) is 21.3. The predicted octanol–water partition coefficient (Wildman–Crippen LogP) is 4.34. The number of amides is 3. The minimum atomic E-state index is -0.812. The number of nitrogens with one attached hydrogen (secondary N) is 1. The lowest BCUT2D eigenvalue weighted by atomic mass is 9.95. The van der Waals surface area contributed by atoms with Gasteiger partial charge in [-0.2, -0.15) is 0 Å². The molecule has 42 heavy (non-hydrogen) atoms. The van der Waals surface area contributed by atoms with Crippen LogP contribution in [0, 0.1) is 0 Å². The van der Waals surface area contributed by atoms with Gasteiger partial charge in [-0.25, -0.2) is 9.89 Å². The first kappa shape index (κ1) is 28.5. The van der Waals surface area contributed by atoms with Crippen LogP contribution in [0.15, 0.2) is 64.6 Å². The summed E-state index contributed by atoms with van der Waals surface area (Å²) in [4.78, 5) is 55.7. The summed E-state index contributed by atoms with van der Waals surface area (Å²) < 4.78 is 0. The van der Waals surface area contributed by atoms with Gasteiger partial charge in [-0.15, -0.1) is 0 Å². The molecule has 1 N–H and O–H groups in total. The Morgan fingerprint density at radius 3 is 2.43 bits per heavy atom. The maximum atomic E-state index is 13.8. The highest BCUT2D eigenvalue weighted by molar-refractivity contribution is 8.15. The molecule has 2 fully saturated rings. The number of hydrogen-bond donors (Lipinski definition) is 1. The Kier molecular flexibility index (Phi) is 8.60. The Morgan fingerprint density at radius 2 is 1.69 bits per heavy atom. The molecule has 3 heterocycles. The van der Waals surface area contributed by atoms with E-state index < -0.39 is 6.04 Å². The first-order chi connectivity index (χ1) is 20.5. The molecule has 2 atom stereocenters. The average molecular weight is 587 g/mol. The predicted molar refractivity (Wildman–Crippen MR) is 167 cm³/mol. The van der Waals surface area contributed by atoms with Crippen LogP contribution in [0.25, 0.3) is 0 Å². The largest absolute Gasteiger partial charge is 0.368 e. The van der Waals surface area contributed by atoms with Crippen molar-refractivity contribution in [2.45, 2.75) is 69.2 Å². The molecule has 1 saturated heterocycles. The average Bonchev–Trinajstić information content (AvgIpc) is 3.36. The fourth-order valence-electron chi connectivity index (χ4n) is 6.15. The molecule has 1 aliphatic carbocycles. The van der Waals surface area contributed by atoms with Gasteiger partial charge in [0.05, 0.1) is 17.4 Å². The maximum absolute atomic E-state index is 13.8. The molecule has 3 amide bonds. The Bertz CT molecular complexity index is 1380. The van der Waals surface area contributed by atoms with E-state index in [1.165, 1.54) is 23.1 Å². The van der Waals surface area contributed by atoms with Crippen molar-refractivity contribution in [2.24, 2.45) is 9.98 Å². The lowest BCUT2D eigenvalue weighted by Gasteiger charge is -2.36. The van der Waals surface area contributed by atoms with Crippen LogP contribution >= 0.6 is 11.8 Å². The first-order valence-corrected chi connectivity index (χ1v) is 16.0. The van der Waals surface area contributed by atoms with Crippen molar-refractivity contribution in [3.05, 3.63) is 60.2 Å². The summed E-state index contributed by atoms with van der Waals surface area (Å²) >= 11 is 1.31. The van der Waals surface area contributed by atoms with Crippen LogP contribution in [0.2, 0.25) is 0 Å². The van der Waals surface area contributed by atoms with E-state index in [2.05, 4.69) is 22.3 Å². The summed E-state index contributed by atoms with van der Waals surface area (Å²) in [7, 11) is 0. The SMILES string of the molecule is CC[C@H](SC1=Nc2ccccc2C2=N[C@@H](CC(=O)N3CCN(c4ccccc4)CC3)C(=O)N12)C(=O)NC1CCCCC1. The van der Waals surface area contributed by atoms with Crippen LogP contribution in [-0.2, 0) is 14.4 Å². The van der Waals surface area contributed by atoms with Crippen molar-refractivity contribution >= 4 is 51.9 Å². The van der Waals surface area contributed by atoms with Crippen molar-refractivity contribution in [1.29, 1.82) is 0 Å². The van der Waals surface area contributed by atoms with Crippen molar-refractivity contribution in [3.63, 3.8) is 0 Å². The molecular weight excluding hydrogens is 548 g/mol. The summed E-state index contributed by atoms with van der Waals surface area (Å²) in [6.45, 7) is 4.69. The van der Waals surface area contributed by atoms with E-state index in [1.54, 1.807) is 0 Å². The second-order valence-electron chi connectivity index (χ2n) is 11.3. The van der Waals surface area contributed by atoms with E-state index in [0.29, 0.717) is 36.2 Å². The number of hydrogen-bond acceptors (Lipinski definition) is 7. The number of aliphatic imine (C=N–C) groups is 2. The third-order valence-electron chi connectivity index (χ3n) is 8.53. The third kappa shape index (κ3) is 5.95. The number of piperazine rings is 1. The summed E-state index contributed by atoms with van der Waals surface area (Å²) in [5.41, 5.74) is 2.63. The minimum absolute atomic E-state index is 0.0116. The number of nitrogens with zero attached hydrogens (tertiary/aromatic N) is 5. The van der Waals surface area contributed by atoms with Gasteiger partial charge in [0.2, 0.25) is 11.8 Å². The number of rotatable bonds is 7. The zero-order chi connectivity index (χ0) is 29.1. The molecule has 0 aromatic heterocycles. The molecule has 0 unspecified atom stereocenters. The van der Waals surface area contributed by atoms with Crippen LogP contribution in [0.4, 0.5) is 11.4 Å². The number of para-hydroxylation sites is 2. The molecule has 3 aliphatic heterocycles. The Balaban J connectivity index is 1.15. The van der Waals surface area contributed by atoms with Crippen LogP contribution in [0.1, 0.15) is 57.4 Å². The Morgan fingerprint density at radius 1 is 0.976 bits per heavy atom. The first-order valence-electron chi connectivity index (χ1n) is 15.2. The van der Waals surface area contributed by atoms with Crippen LogP contribution < -0.4 is 10.2 Å². The standard InChI is InChI=1S/C32H38N6O3S/c1-2-27(30(40)33-22-11-5-3-6-12-22)42-32-35-25-16-10-9-15-24(25)29-34-26(31(41)38(29)32)21-28(39)37-19-17-36(18-20-37)23-13-7-4-8-14-23/h4,7-10,13-16,22,26-27H,2-3,5-6,11-12,17-21H2,1H3,(H,33,40)/t26-,27-/m0/s1. The Labute approximate surface area is 251 Å². The molecule has 2 aromatic carbocycles. The number of anilines is 1. The van der Waals surface area contributed by atoms with E-state index in [1.807, 2.05) is 54.3 Å². The maximum Gasteiger partial charge on any atom is 0.259 e. The van der Waals surface area contributed by atoms with Crippen molar-refractivity contribution in [2.75, 3.05) is 31.1 Å². The molecule has 220 valence electrons. The molecule has 6 rings (SSSR count). The molecule has 10 heteroatoms. The zero-order valence-corrected chi connectivity index (χ0v) is 24.9. The van der Waals surface area contributed by atoms with Gasteiger partial charge in [0.25, 0.3) is 5.91 Å². The van der Waals surface area contributed by atoms with Gasteiger partial charge in [-0.3, -0.25) is 19.4 Å². The fraction of sp³-hybridized carbons (Fsp3) is 0.469. The number of fused-ring (bicyclic) bond motifs is 3. The molecule has 1 saturated carbocycles. The van der Waals surface area contributed by atoms with Gasteiger partial charge in [0.15, 0.2) is 5.17 Å². The number of carbonyl (C=O) groups excluding carboxylic acids is 3. The molecule has 0 radical (unpaired) electrons. The van der Waals surface area contributed by atoms with Crippen molar-refractivity contribution < 1.29 is 14.4 Å². The topological polar surface area (TPSA) is 97.7 Å². The summed E-state index contributed by atoms with van der Waals surface area (Å²) in [5.74, 6) is 0.178. The van der Waals surface area contributed by atoms with Gasteiger partial charge in [0.1, 0.15) is 11.9 Å². The third-order valence-corrected chi connectivity index (χ3v) is 9.85. The van der Waals surface area contributed by atoms with E-state index in [-0.39, 0.29) is 35.4 Å². The molecule has 4 aliphatic rings. The van der Waals surface area contributed by atoms with Crippen molar-refractivity contribution in [1.82, 2.24) is 15.1 Å². The van der Waals surface area contributed by atoms with Crippen LogP contribution in [-0.4, -0.2) is 82.0 Å². The van der Waals surface area contributed by atoms with Crippen LogP contribution in [0.5, 0.6) is 0 Å². The summed E-state index contributed by atoms with van der Waals surface area (Å²) in [6.07, 6.45) is 6.16. The lowest BCUT2D eigenvalue weighted by Crippen LogP contribution is -2.50. The Hall–Kier alpha value is -3.66. The highest BCUT2D eigenvalue weighted by Gasteiger charge is 2.43. The van der Waals surface area contributed by atoms with Crippen LogP contribution in [0.3, 0.4) is 0 Å². The van der Waals surface area contributed by atoms with Crippen molar-refractivity contribution in [3.8, 4) is 0 Å². The summed E-state index contributed by atoms with van der Waals surface area (Å²) in [5, 5.41) is 3.30. The van der Waals surface area contributed by atoms with E-state index in [4.69, 9.17) is 9.98 Å². The quantitative estimate of drug-likeness (QED) is 0.521. The second kappa shape index (κ2) is 12.7. The monoisotopic (exact) mass is 586 g/mol. The highest BCUT2D eigenvalue weighted by atomic mass is 32.2. The fourth-order valence-corrected chi connectivity index (χ4v) is 7.18. The van der Waals surface area contributed by atoms with Gasteiger partial charge in [0, 0.05) is 43.5 Å². The number of benzene rings is 2. The number of amidine groups is 2. The molecule has 9 nitrogen and oxygen atoms in total. The zero-order valence-electron chi connectivity index (χ0n) is 24.1. The molecule has 0 bridgehead atoms. The highest BCUT2D eigenvalue weighted by Crippen LogP contribution is 2.36. The molecular formula is C32H38N6O3S. The smallest absolute Gasteiger partial charge is 0.259 e. The van der Waals surface area contributed by atoms with E-state index in [0.717, 1.165) is 50.0 Å². The number of thioether (sulfide) groups is 1.